The van der Waals surface area contributed by atoms with Gasteiger partial charge in [0.05, 0.1) is 17.8 Å². The van der Waals surface area contributed by atoms with Crippen molar-refractivity contribution in [3.63, 3.8) is 0 Å². The van der Waals surface area contributed by atoms with Gasteiger partial charge < -0.3 is 15.4 Å². The van der Waals surface area contributed by atoms with Gasteiger partial charge in [0, 0.05) is 36.7 Å². The lowest BCUT2D eigenvalue weighted by atomic mass is 10.1. The van der Waals surface area contributed by atoms with Crippen LogP contribution in [0.15, 0.2) is 43.1 Å². The topological polar surface area (TPSA) is 117 Å². The van der Waals surface area contributed by atoms with Crippen molar-refractivity contribution in [1.29, 1.82) is 0 Å². The van der Waals surface area contributed by atoms with Crippen molar-refractivity contribution in [2.75, 3.05) is 6.54 Å². The van der Waals surface area contributed by atoms with E-state index in [0.29, 0.717) is 50.0 Å². The van der Waals surface area contributed by atoms with Gasteiger partial charge in [0.25, 0.3) is 5.91 Å². The van der Waals surface area contributed by atoms with Crippen LogP contribution < -0.4 is 15.4 Å². The van der Waals surface area contributed by atoms with Gasteiger partial charge in [-0.2, -0.15) is 0 Å². The van der Waals surface area contributed by atoms with Gasteiger partial charge in [0.1, 0.15) is 17.5 Å². The molecule has 0 bridgehead atoms. The molecule has 2 amide bonds. The highest BCUT2D eigenvalue weighted by Gasteiger charge is 2.60. The first kappa shape index (κ1) is 23.8. The van der Waals surface area contributed by atoms with Gasteiger partial charge in [-0.15, -0.1) is 6.58 Å². The zero-order valence-corrected chi connectivity index (χ0v) is 20.1. The van der Waals surface area contributed by atoms with Gasteiger partial charge in [0.2, 0.25) is 10.0 Å². The molecule has 35 heavy (non-hydrogen) atoms. The van der Waals surface area contributed by atoms with Crippen LogP contribution in [-0.2, 0) is 32.6 Å². The largest absolute Gasteiger partial charge is 0.445 e. The molecule has 2 heterocycles. The maximum absolute atomic E-state index is 14.0. The third-order valence-electron chi connectivity index (χ3n) is 7.25. The molecule has 0 spiro atoms. The van der Waals surface area contributed by atoms with Crippen molar-refractivity contribution in [3.05, 3.63) is 60.1 Å². The molecule has 4 atom stereocenters. The highest BCUT2D eigenvalue weighted by molar-refractivity contribution is 7.91. The fourth-order valence-electron chi connectivity index (χ4n) is 4.88. The molecule has 1 aromatic carbocycles. The average molecular weight is 505 g/mol. The number of carbonyl (C=O) groups excluding carboxylic acids is 2. The van der Waals surface area contributed by atoms with Gasteiger partial charge >= 0.3 is 6.09 Å². The smallest absolute Gasteiger partial charge is 0.410 e. The van der Waals surface area contributed by atoms with Gasteiger partial charge in [0.15, 0.2) is 0 Å². The van der Waals surface area contributed by atoms with E-state index < -0.39 is 38.9 Å². The Bertz CT molecular complexity index is 1200. The molecule has 4 aliphatic rings. The zero-order chi connectivity index (χ0) is 25.0. The number of nitrogens with zero attached hydrogens (tertiary/aromatic N) is 1. The lowest BCUT2D eigenvalue weighted by molar-refractivity contribution is -0.122. The number of nitrogens with one attached hydrogen (secondary N) is 3. The van der Waals surface area contributed by atoms with Crippen LogP contribution in [0.4, 0.5) is 9.18 Å². The first-order valence-electron chi connectivity index (χ1n) is 11.7. The van der Waals surface area contributed by atoms with E-state index in [0.717, 1.165) is 5.56 Å². The minimum Gasteiger partial charge on any atom is -0.445 e. The number of rotatable bonds is 8. The first-order valence-corrected chi connectivity index (χ1v) is 13.3. The fourth-order valence-corrected chi connectivity index (χ4v) is 6.24. The van der Waals surface area contributed by atoms with Gasteiger partial charge in [-0.3, -0.25) is 14.4 Å². The highest BCUT2D eigenvalue weighted by Crippen LogP contribution is 2.46. The number of benzene rings is 1. The molecular formula is C24H29FN4O5S. The monoisotopic (exact) mass is 504 g/mol. The summed E-state index contributed by atoms with van der Waals surface area (Å²) < 4.78 is 46.4. The molecule has 9 nitrogen and oxygen atoms in total. The number of hydrogen-bond donors (Lipinski definition) is 3. The van der Waals surface area contributed by atoms with E-state index in [9.17, 15) is 22.4 Å². The average Bonchev–Trinajstić information content (AvgIpc) is 3.69. The Morgan fingerprint density at radius 3 is 2.71 bits per heavy atom. The molecule has 2 aliphatic heterocycles. The predicted octanol–water partition coefficient (Wildman–Crippen LogP) is 1.66. The summed E-state index contributed by atoms with van der Waals surface area (Å²) in [6, 6.07) is 4.52. The summed E-state index contributed by atoms with van der Waals surface area (Å²) in [6.07, 6.45) is 2.67. The minimum atomic E-state index is -3.67. The Morgan fingerprint density at radius 1 is 1.29 bits per heavy atom. The van der Waals surface area contributed by atoms with Crippen LogP contribution in [0.1, 0.15) is 36.8 Å². The molecule has 188 valence electrons. The van der Waals surface area contributed by atoms with Gasteiger partial charge in [-0.25, -0.2) is 17.6 Å². The molecule has 5 rings (SSSR count). The zero-order valence-electron chi connectivity index (χ0n) is 19.3. The molecule has 3 N–H and O–H groups in total. The lowest BCUT2D eigenvalue weighted by Gasteiger charge is -2.24. The van der Waals surface area contributed by atoms with E-state index in [1.807, 2.05) is 0 Å². The summed E-state index contributed by atoms with van der Waals surface area (Å²) in [5.41, 5.74) is 0.693. The Morgan fingerprint density at radius 2 is 2.06 bits per heavy atom. The van der Waals surface area contributed by atoms with E-state index in [2.05, 4.69) is 28.5 Å². The summed E-state index contributed by atoms with van der Waals surface area (Å²) in [7, 11) is -3.67. The fraction of sp³-hybridized carbons (Fsp3) is 0.500. The van der Waals surface area contributed by atoms with Crippen LogP contribution in [0.25, 0.3) is 0 Å². The molecule has 3 fully saturated rings. The maximum atomic E-state index is 14.0. The summed E-state index contributed by atoms with van der Waals surface area (Å²) in [5.74, 6) is -1.15. The number of halogens is 1. The van der Waals surface area contributed by atoms with Crippen molar-refractivity contribution in [2.45, 2.75) is 61.7 Å². The second-order valence-corrected chi connectivity index (χ2v) is 11.7. The van der Waals surface area contributed by atoms with Gasteiger partial charge in [-0.05, 0) is 30.9 Å². The van der Waals surface area contributed by atoms with Crippen LogP contribution >= 0.6 is 0 Å². The number of ether oxygens (including phenoxy) is 1. The molecule has 0 radical (unpaired) electrons. The van der Waals surface area contributed by atoms with Crippen molar-refractivity contribution < 1.29 is 27.1 Å². The second-order valence-electron chi connectivity index (χ2n) is 9.78. The molecule has 11 heteroatoms. The summed E-state index contributed by atoms with van der Waals surface area (Å²) in [6.45, 7) is 8.67. The van der Waals surface area contributed by atoms with E-state index in [1.54, 1.807) is 18.2 Å². The molecule has 2 aliphatic carbocycles. The third-order valence-corrected chi connectivity index (χ3v) is 9.07. The van der Waals surface area contributed by atoms with Crippen molar-refractivity contribution in [2.24, 2.45) is 5.92 Å². The van der Waals surface area contributed by atoms with Crippen LogP contribution in [0.2, 0.25) is 0 Å². The summed E-state index contributed by atoms with van der Waals surface area (Å²) in [4.78, 5) is 27.0. The number of carbonyl (C=O) groups is 2. The quantitative estimate of drug-likeness (QED) is 0.461. The first-order chi connectivity index (χ1) is 16.6. The lowest BCUT2D eigenvalue weighted by Crippen LogP contribution is -2.51. The van der Waals surface area contributed by atoms with E-state index in [1.165, 1.54) is 11.0 Å². The van der Waals surface area contributed by atoms with Crippen molar-refractivity contribution in [1.82, 2.24) is 20.3 Å². The Labute approximate surface area is 203 Å². The Kier molecular flexibility index (Phi) is 5.87. The van der Waals surface area contributed by atoms with Crippen molar-refractivity contribution >= 4 is 22.0 Å². The third kappa shape index (κ3) is 4.54. The standard InChI is InChI=1S/C24H29FN4O5S/c1-3-16-10-24(16,22(30)28-35(32,33)18-7-8-18)27-14(2)21-9-17(11-26-21)34-23(31)29-12-15-5-4-6-20(25)19(15)13-29/h3-6,16-18,21,26-27H,1-2,7-13H2,(H,28,30)/t16-,17-,21+,24-/m1/s1. The SMILES string of the molecule is C=C[C@@H]1C[C@]1(NC(=C)[C@@H]1C[C@@H](OC(=O)N2Cc3cccc(F)c3C2)CN1)C(=O)NS(=O)(=O)C1CC1. The van der Waals surface area contributed by atoms with Gasteiger partial charge in [-0.1, -0.05) is 24.8 Å². The van der Waals surface area contributed by atoms with Crippen LogP contribution in [0, 0.1) is 11.7 Å². The van der Waals surface area contributed by atoms with E-state index in [4.69, 9.17) is 4.74 Å². The minimum absolute atomic E-state index is 0.170. The van der Waals surface area contributed by atoms with Crippen LogP contribution in [0.5, 0.6) is 0 Å². The normalized spacial score (nSPS) is 29.3. The Balaban J connectivity index is 1.15. The molecule has 1 aromatic rings. The van der Waals surface area contributed by atoms with Crippen molar-refractivity contribution in [3.8, 4) is 0 Å². The van der Waals surface area contributed by atoms with Crippen LogP contribution in [-0.4, -0.2) is 54.8 Å². The Hall–Kier alpha value is -2.92. The molecule has 2 saturated carbocycles. The number of hydrogen-bond acceptors (Lipinski definition) is 7. The number of sulfonamides is 1. The molecular weight excluding hydrogens is 475 g/mol. The molecule has 0 unspecified atom stereocenters. The predicted molar refractivity (Wildman–Crippen MR) is 126 cm³/mol. The van der Waals surface area contributed by atoms with E-state index in [-0.39, 0.29) is 24.3 Å². The summed E-state index contributed by atoms with van der Waals surface area (Å²) in [5, 5.41) is 5.88. The molecule has 0 aromatic heterocycles. The van der Waals surface area contributed by atoms with Crippen LogP contribution in [0.3, 0.4) is 0 Å². The van der Waals surface area contributed by atoms with E-state index >= 15 is 0 Å². The second kappa shape index (κ2) is 8.63. The summed E-state index contributed by atoms with van der Waals surface area (Å²) >= 11 is 0. The maximum Gasteiger partial charge on any atom is 0.410 e. The number of fused-ring (bicyclic) bond motifs is 1. The highest BCUT2D eigenvalue weighted by atomic mass is 32.2. The number of amides is 2. The molecule has 1 saturated heterocycles.